The fourth-order valence-electron chi connectivity index (χ4n) is 2.21. The van der Waals surface area contributed by atoms with Gasteiger partial charge in [0, 0.05) is 35.7 Å². The Morgan fingerprint density at radius 1 is 1.05 bits per heavy atom. The number of ether oxygens (including phenoxy) is 1. The molecule has 20 heavy (non-hydrogen) atoms. The molecular weight excluding hydrogens is 248 g/mol. The van der Waals surface area contributed by atoms with E-state index in [9.17, 15) is 0 Å². The lowest BCUT2D eigenvalue weighted by Crippen LogP contribution is -2.18. The summed E-state index contributed by atoms with van der Waals surface area (Å²) < 4.78 is 5.32. The summed E-state index contributed by atoms with van der Waals surface area (Å²) in [5, 5.41) is 0. The van der Waals surface area contributed by atoms with E-state index in [1.54, 1.807) is 7.11 Å². The lowest BCUT2D eigenvalue weighted by Gasteiger charge is -2.25. The van der Waals surface area contributed by atoms with Crippen molar-refractivity contribution >= 4 is 17.1 Å². The van der Waals surface area contributed by atoms with E-state index < -0.39 is 0 Å². The first-order chi connectivity index (χ1) is 9.74. The van der Waals surface area contributed by atoms with Gasteiger partial charge in [-0.15, -0.1) is 0 Å². The number of hydrogen-bond donors (Lipinski definition) is 1. The number of rotatable bonds is 6. The first kappa shape index (κ1) is 14.3. The molecule has 0 fully saturated rings. The third-order valence-electron chi connectivity index (χ3n) is 3.26. The van der Waals surface area contributed by atoms with Crippen LogP contribution in [0.1, 0.15) is 19.8 Å². The molecule has 0 saturated heterocycles. The van der Waals surface area contributed by atoms with Crippen molar-refractivity contribution in [2.24, 2.45) is 0 Å². The van der Waals surface area contributed by atoms with Crippen LogP contribution in [0.3, 0.4) is 0 Å². The first-order valence-electron chi connectivity index (χ1n) is 7.01. The molecule has 0 bridgehead atoms. The van der Waals surface area contributed by atoms with Gasteiger partial charge in [-0.2, -0.15) is 0 Å². The van der Waals surface area contributed by atoms with Gasteiger partial charge in [-0.25, -0.2) is 0 Å². The highest BCUT2D eigenvalue weighted by Crippen LogP contribution is 2.31. The number of hydrogen-bond acceptors (Lipinski definition) is 3. The van der Waals surface area contributed by atoms with Gasteiger partial charge >= 0.3 is 0 Å². The maximum absolute atomic E-state index is 5.97. The normalized spacial score (nSPS) is 10.3. The summed E-state index contributed by atoms with van der Waals surface area (Å²) in [7, 11) is 1.66. The molecule has 0 heterocycles. The standard InChI is InChI=1S/C17H22N2O/c1-3-4-10-19(15-8-6-5-7-9-15)16-11-14(18)12-17(13-16)20-2/h5-9,11-13H,3-4,10,18H2,1-2H3. The lowest BCUT2D eigenvalue weighted by molar-refractivity contribution is 0.415. The van der Waals surface area contributed by atoms with Crippen LogP contribution in [0.15, 0.2) is 48.5 Å². The van der Waals surface area contributed by atoms with E-state index in [-0.39, 0.29) is 0 Å². The first-order valence-corrected chi connectivity index (χ1v) is 7.01. The molecule has 106 valence electrons. The van der Waals surface area contributed by atoms with Crippen LogP contribution in [0.4, 0.5) is 17.1 Å². The van der Waals surface area contributed by atoms with Crippen molar-refractivity contribution in [2.75, 3.05) is 24.3 Å². The Bertz CT molecular complexity index is 540. The number of nitrogen functional groups attached to an aromatic ring is 1. The van der Waals surface area contributed by atoms with Crippen molar-refractivity contribution in [1.29, 1.82) is 0 Å². The molecule has 2 aromatic rings. The average Bonchev–Trinajstić information content (AvgIpc) is 2.48. The number of para-hydroxylation sites is 1. The van der Waals surface area contributed by atoms with Crippen LogP contribution in [-0.2, 0) is 0 Å². The summed E-state index contributed by atoms with van der Waals surface area (Å²) in [4.78, 5) is 2.28. The van der Waals surface area contributed by atoms with Gasteiger partial charge in [0.1, 0.15) is 5.75 Å². The van der Waals surface area contributed by atoms with E-state index in [1.807, 2.05) is 24.3 Å². The predicted molar refractivity (Wildman–Crippen MR) is 85.8 cm³/mol. The Morgan fingerprint density at radius 2 is 1.80 bits per heavy atom. The monoisotopic (exact) mass is 270 g/mol. The second-order valence-electron chi connectivity index (χ2n) is 4.81. The minimum Gasteiger partial charge on any atom is -0.497 e. The molecule has 0 aliphatic heterocycles. The van der Waals surface area contributed by atoms with Crippen LogP contribution in [0.25, 0.3) is 0 Å². The molecule has 0 amide bonds. The van der Waals surface area contributed by atoms with Crippen LogP contribution in [0, 0.1) is 0 Å². The second kappa shape index (κ2) is 6.85. The Labute approximate surface area is 121 Å². The molecule has 0 atom stereocenters. The Kier molecular flexibility index (Phi) is 4.88. The van der Waals surface area contributed by atoms with Gasteiger partial charge in [-0.3, -0.25) is 0 Å². The van der Waals surface area contributed by atoms with Gasteiger partial charge in [0.05, 0.1) is 7.11 Å². The highest BCUT2D eigenvalue weighted by Gasteiger charge is 2.10. The zero-order chi connectivity index (χ0) is 14.4. The quantitative estimate of drug-likeness (QED) is 0.799. The van der Waals surface area contributed by atoms with Gasteiger partial charge in [0.15, 0.2) is 0 Å². The summed E-state index contributed by atoms with van der Waals surface area (Å²) in [6.45, 7) is 3.16. The zero-order valence-electron chi connectivity index (χ0n) is 12.2. The predicted octanol–water partition coefficient (Wildman–Crippen LogP) is 4.22. The van der Waals surface area contributed by atoms with Crippen molar-refractivity contribution in [2.45, 2.75) is 19.8 Å². The number of anilines is 3. The average molecular weight is 270 g/mol. The molecule has 3 nitrogen and oxygen atoms in total. The summed E-state index contributed by atoms with van der Waals surface area (Å²) in [6, 6.07) is 16.2. The minimum absolute atomic E-state index is 0.719. The van der Waals surface area contributed by atoms with Crippen molar-refractivity contribution in [3.05, 3.63) is 48.5 Å². The highest BCUT2D eigenvalue weighted by molar-refractivity contribution is 5.68. The molecule has 0 aromatic heterocycles. The smallest absolute Gasteiger partial charge is 0.122 e. The molecule has 3 heteroatoms. The molecule has 0 aliphatic carbocycles. The fraction of sp³-hybridized carbons (Fsp3) is 0.294. The van der Waals surface area contributed by atoms with Crippen molar-refractivity contribution in [3.8, 4) is 5.75 Å². The summed E-state index contributed by atoms with van der Waals surface area (Å²) in [6.07, 6.45) is 2.29. The SMILES string of the molecule is CCCCN(c1ccccc1)c1cc(N)cc(OC)c1. The number of methoxy groups -OCH3 is 1. The minimum atomic E-state index is 0.719. The van der Waals surface area contributed by atoms with Crippen LogP contribution >= 0.6 is 0 Å². The Balaban J connectivity index is 2.38. The Morgan fingerprint density at radius 3 is 2.45 bits per heavy atom. The van der Waals surface area contributed by atoms with Gasteiger partial charge in [0.2, 0.25) is 0 Å². The molecular formula is C17H22N2O. The molecule has 0 radical (unpaired) electrons. The topological polar surface area (TPSA) is 38.5 Å². The number of nitrogens with zero attached hydrogens (tertiary/aromatic N) is 1. The highest BCUT2D eigenvalue weighted by atomic mass is 16.5. The molecule has 0 aliphatic rings. The maximum atomic E-state index is 5.97. The van der Waals surface area contributed by atoms with Gasteiger partial charge < -0.3 is 15.4 Å². The summed E-state index contributed by atoms with van der Waals surface area (Å²) >= 11 is 0. The van der Waals surface area contributed by atoms with Crippen molar-refractivity contribution in [1.82, 2.24) is 0 Å². The van der Waals surface area contributed by atoms with E-state index in [2.05, 4.69) is 36.1 Å². The molecule has 2 aromatic carbocycles. The summed E-state index contributed by atoms with van der Waals surface area (Å²) in [5.41, 5.74) is 8.94. The van der Waals surface area contributed by atoms with Crippen LogP contribution in [-0.4, -0.2) is 13.7 Å². The van der Waals surface area contributed by atoms with E-state index in [1.165, 1.54) is 5.69 Å². The van der Waals surface area contributed by atoms with E-state index in [4.69, 9.17) is 10.5 Å². The van der Waals surface area contributed by atoms with E-state index >= 15 is 0 Å². The fourth-order valence-corrected chi connectivity index (χ4v) is 2.21. The third kappa shape index (κ3) is 3.44. The lowest BCUT2D eigenvalue weighted by atomic mass is 10.2. The number of benzene rings is 2. The third-order valence-corrected chi connectivity index (χ3v) is 3.26. The molecule has 0 spiro atoms. The molecule has 2 rings (SSSR count). The van der Waals surface area contributed by atoms with Gasteiger partial charge in [-0.05, 0) is 24.6 Å². The largest absolute Gasteiger partial charge is 0.497 e. The van der Waals surface area contributed by atoms with Crippen LogP contribution in [0.2, 0.25) is 0 Å². The number of unbranched alkanes of at least 4 members (excludes halogenated alkanes) is 1. The van der Waals surface area contributed by atoms with Crippen molar-refractivity contribution < 1.29 is 4.74 Å². The Hall–Kier alpha value is -2.16. The maximum Gasteiger partial charge on any atom is 0.122 e. The van der Waals surface area contributed by atoms with Crippen LogP contribution in [0.5, 0.6) is 5.75 Å². The van der Waals surface area contributed by atoms with E-state index in [0.29, 0.717) is 0 Å². The molecule has 0 unspecified atom stereocenters. The van der Waals surface area contributed by atoms with E-state index in [0.717, 1.165) is 36.5 Å². The van der Waals surface area contributed by atoms with Crippen LogP contribution < -0.4 is 15.4 Å². The molecule has 0 saturated carbocycles. The zero-order valence-corrected chi connectivity index (χ0v) is 12.2. The van der Waals surface area contributed by atoms with Gasteiger partial charge in [-0.1, -0.05) is 31.5 Å². The second-order valence-corrected chi connectivity index (χ2v) is 4.81. The van der Waals surface area contributed by atoms with Crippen molar-refractivity contribution in [3.63, 3.8) is 0 Å². The number of nitrogens with two attached hydrogens (primary N) is 1. The molecule has 2 N–H and O–H groups in total. The summed E-state index contributed by atoms with van der Waals surface area (Å²) in [5.74, 6) is 0.789. The van der Waals surface area contributed by atoms with Gasteiger partial charge in [0.25, 0.3) is 0 Å².